The summed E-state index contributed by atoms with van der Waals surface area (Å²) in [5, 5.41) is 3.65. The van der Waals surface area contributed by atoms with Crippen LogP contribution in [0.3, 0.4) is 0 Å². The smallest absolute Gasteiger partial charge is 0.121 e. The molecule has 1 aliphatic carbocycles. The van der Waals surface area contributed by atoms with E-state index < -0.39 is 0 Å². The highest BCUT2D eigenvalue weighted by Crippen LogP contribution is 2.39. The molecule has 0 radical (unpaired) electrons. The van der Waals surface area contributed by atoms with Crippen LogP contribution >= 0.6 is 0 Å². The van der Waals surface area contributed by atoms with Gasteiger partial charge in [-0.15, -0.1) is 0 Å². The molecule has 19 heavy (non-hydrogen) atoms. The Labute approximate surface area is 116 Å². The van der Waals surface area contributed by atoms with Gasteiger partial charge in [0.2, 0.25) is 0 Å². The van der Waals surface area contributed by atoms with Gasteiger partial charge in [0.05, 0.1) is 6.61 Å². The fraction of sp³-hybridized carbons (Fsp3) is 0.625. The second-order valence-corrected chi connectivity index (χ2v) is 5.95. The summed E-state index contributed by atoms with van der Waals surface area (Å²) in [5.41, 5.74) is 1.53. The van der Waals surface area contributed by atoms with E-state index in [-0.39, 0.29) is 0 Å². The lowest BCUT2D eigenvalue weighted by atomic mass is 9.87. The minimum absolute atomic E-state index is 0.382. The maximum atomic E-state index is 5.64. The van der Waals surface area contributed by atoms with Crippen molar-refractivity contribution in [3.8, 4) is 5.75 Å². The summed E-state index contributed by atoms with van der Waals surface area (Å²) in [6, 6.07) is 8.76. The van der Waals surface area contributed by atoms with Gasteiger partial charge in [0.25, 0.3) is 0 Å². The Hall–Kier alpha value is -1.22. The molecule has 0 aromatic heterocycles. The van der Waals surface area contributed by atoms with Gasteiger partial charge in [0, 0.05) is 24.9 Å². The number of ether oxygens (including phenoxy) is 2. The molecule has 0 aliphatic heterocycles. The van der Waals surface area contributed by atoms with E-state index in [0.29, 0.717) is 24.7 Å². The van der Waals surface area contributed by atoms with E-state index in [4.69, 9.17) is 9.47 Å². The van der Waals surface area contributed by atoms with Crippen LogP contribution in [0.2, 0.25) is 0 Å². The van der Waals surface area contributed by atoms with Crippen LogP contribution in [0.15, 0.2) is 24.3 Å². The molecule has 0 spiro atoms. The Morgan fingerprint density at radius 1 is 1.32 bits per heavy atom. The first-order valence-corrected chi connectivity index (χ1v) is 7.10. The maximum absolute atomic E-state index is 5.64. The number of nitrogens with one attached hydrogen (secondary N) is 1. The van der Waals surface area contributed by atoms with Crippen molar-refractivity contribution in [1.29, 1.82) is 0 Å². The summed E-state index contributed by atoms with van der Waals surface area (Å²) in [5.74, 6) is 0.901. The third kappa shape index (κ3) is 3.87. The van der Waals surface area contributed by atoms with Crippen molar-refractivity contribution in [2.75, 3.05) is 25.6 Å². The van der Waals surface area contributed by atoms with Gasteiger partial charge in [0.1, 0.15) is 12.4 Å². The van der Waals surface area contributed by atoms with Crippen molar-refractivity contribution in [1.82, 2.24) is 0 Å². The van der Waals surface area contributed by atoms with Gasteiger partial charge in [-0.05, 0) is 30.4 Å². The first kappa shape index (κ1) is 14.2. The number of methoxy groups -OCH3 is 1. The Morgan fingerprint density at radius 3 is 2.84 bits per heavy atom. The lowest BCUT2D eigenvalue weighted by molar-refractivity contribution is 0.146. The van der Waals surface area contributed by atoms with Crippen molar-refractivity contribution >= 4 is 5.69 Å². The van der Waals surface area contributed by atoms with Crippen LogP contribution in [-0.4, -0.2) is 26.4 Å². The van der Waals surface area contributed by atoms with E-state index in [1.807, 2.05) is 12.1 Å². The van der Waals surface area contributed by atoms with Gasteiger partial charge < -0.3 is 14.8 Å². The summed E-state index contributed by atoms with van der Waals surface area (Å²) >= 11 is 0. The van der Waals surface area contributed by atoms with Crippen LogP contribution in [-0.2, 0) is 4.74 Å². The molecule has 1 atom stereocenters. The van der Waals surface area contributed by atoms with Crippen molar-refractivity contribution in [2.24, 2.45) is 5.41 Å². The molecule has 0 saturated heterocycles. The lowest BCUT2D eigenvalue weighted by Crippen LogP contribution is -2.30. The van der Waals surface area contributed by atoms with Gasteiger partial charge >= 0.3 is 0 Å². The monoisotopic (exact) mass is 263 g/mol. The maximum Gasteiger partial charge on any atom is 0.121 e. The molecule has 1 aliphatic rings. The van der Waals surface area contributed by atoms with Crippen LogP contribution in [0, 0.1) is 5.41 Å². The largest absolute Gasteiger partial charge is 0.491 e. The van der Waals surface area contributed by atoms with Crippen LogP contribution in [0.1, 0.15) is 33.1 Å². The van der Waals surface area contributed by atoms with E-state index >= 15 is 0 Å². The Balaban J connectivity index is 1.95. The average molecular weight is 263 g/mol. The lowest BCUT2D eigenvalue weighted by Gasteiger charge is -2.28. The minimum atomic E-state index is 0.382. The van der Waals surface area contributed by atoms with Crippen molar-refractivity contribution < 1.29 is 9.47 Å². The van der Waals surface area contributed by atoms with E-state index in [2.05, 4.69) is 31.3 Å². The third-order valence-electron chi connectivity index (χ3n) is 3.99. The van der Waals surface area contributed by atoms with E-state index in [0.717, 1.165) is 11.4 Å². The molecule has 1 N–H and O–H groups in total. The van der Waals surface area contributed by atoms with Crippen LogP contribution in [0.5, 0.6) is 5.75 Å². The third-order valence-corrected chi connectivity index (χ3v) is 3.99. The van der Waals surface area contributed by atoms with Crippen molar-refractivity contribution in [3.05, 3.63) is 24.3 Å². The number of rotatable bonds is 6. The Morgan fingerprint density at radius 2 is 2.16 bits per heavy atom. The van der Waals surface area contributed by atoms with E-state index in [1.54, 1.807) is 7.11 Å². The van der Waals surface area contributed by atoms with E-state index in [9.17, 15) is 0 Å². The van der Waals surface area contributed by atoms with Crippen LogP contribution < -0.4 is 10.1 Å². The summed E-state index contributed by atoms with van der Waals surface area (Å²) in [6.07, 6.45) is 3.87. The highest BCUT2D eigenvalue weighted by Gasteiger charge is 2.34. The molecule has 2 rings (SSSR count). The average Bonchev–Trinajstić information content (AvgIpc) is 2.70. The predicted molar refractivity (Wildman–Crippen MR) is 78.9 cm³/mol. The molecule has 3 nitrogen and oxygen atoms in total. The van der Waals surface area contributed by atoms with Gasteiger partial charge in [-0.25, -0.2) is 0 Å². The summed E-state index contributed by atoms with van der Waals surface area (Å²) < 4.78 is 10.6. The highest BCUT2D eigenvalue weighted by molar-refractivity contribution is 5.49. The molecule has 106 valence electrons. The Kier molecular flexibility index (Phi) is 4.70. The van der Waals surface area contributed by atoms with Crippen LogP contribution in [0.25, 0.3) is 0 Å². The zero-order valence-electron chi connectivity index (χ0n) is 12.2. The standard InChI is InChI=1S/C16H25NO2/c1-16(2)9-5-8-15(16)17-13-6-4-7-14(12-13)19-11-10-18-3/h4,6-7,12,15,17H,5,8-11H2,1-3H3. The Bertz CT molecular complexity index is 403. The molecule has 0 heterocycles. The molecule has 1 fully saturated rings. The second-order valence-electron chi connectivity index (χ2n) is 5.95. The fourth-order valence-corrected chi connectivity index (χ4v) is 2.71. The molecular weight excluding hydrogens is 238 g/mol. The zero-order valence-corrected chi connectivity index (χ0v) is 12.2. The molecular formula is C16H25NO2. The SMILES string of the molecule is COCCOc1cccc(NC2CCCC2(C)C)c1. The topological polar surface area (TPSA) is 30.5 Å². The van der Waals surface area contributed by atoms with Gasteiger partial charge in [-0.1, -0.05) is 26.3 Å². The number of benzene rings is 1. The normalized spacial score (nSPS) is 21.3. The number of hydrogen-bond acceptors (Lipinski definition) is 3. The first-order chi connectivity index (χ1) is 9.12. The predicted octanol–water partition coefficient (Wildman–Crippen LogP) is 3.70. The number of hydrogen-bond donors (Lipinski definition) is 1. The molecule has 1 aromatic rings. The summed E-state index contributed by atoms with van der Waals surface area (Å²) in [7, 11) is 1.68. The van der Waals surface area contributed by atoms with E-state index in [1.165, 1.54) is 19.3 Å². The van der Waals surface area contributed by atoms with Crippen molar-refractivity contribution in [3.63, 3.8) is 0 Å². The van der Waals surface area contributed by atoms with Gasteiger partial charge in [-0.3, -0.25) is 0 Å². The minimum Gasteiger partial charge on any atom is -0.491 e. The number of anilines is 1. The molecule has 1 aromatic carbocycles. The molecule has 3 heteroatoms. The summed E-state index contributed by atoms with van der Waals surface area (Å²) in [6.45, 7) is 5.90. The van der Waals surface area contributed by atoms with Crippen molar-refractivity contribution in [2.45, 2.75) is 39.2 Å². The molecule has 0 bridgehead atoms. The zero-order chi connectivity index (χ0) is 13.7. The van der Waals surface area contributed by atoms with Gasteiger partial charge in [-0.2, -0.15) is 0 Å². The van der Waals surface area contributed by atoms with Gasteiger partial charge in [0.15, 0.2) is 0 Å². The highest BCUT2D eigenvalue weighted by atomic mass is 16.5. The summed E-state index contributed by atoms with van der Waals surface area (Å²) in [4.78, 5) is 0. The molecule has 1 saturated carbocycles. The quantitative estimate of drug-likeness (QED) is 0.794. The molecule has 0 amide bonds. The second kappa shape index (κ2) is 6.29. The fourth-order valence-electron chi connectivity index (χ4n) is 2.71. The molecule has 1 unspecified atom stereocenters. The first-order valence-electron chi connectivity index (χ1n) is 7.10. The van der Waals surface area contributed by atoms with Crippen LogP contribution in [0.4, 0.5) is 5.69 Å².